The van der Waals surface area contributed by atoms with Crippen LogP contribution in [0, 0.1) is 5.82 Å². The highest BCUT2D eigenvalue weighted by Gasteiger charge is 2.30. The third kappa shape index (κ3) is 3.47. The molecular weight excluding hydrogens is 340 g/mol. The minimum atomic E-state index is -4.44. The fourth-order valence-corrected chi connectivity index (χ4v) is 2.46. The molecule has 0 amide bonds. The zero-order valence-electron chi connectivity index (χ0n) is 12.9. The quantitative estimate of drug-likeness (QED) is 0.714. The molecular formula is C17H12F4N2O2. The fraction of sp³-hybridized carbons (Fsp3) is 0.176. The van der Waals surface area contributed by atoms with Gasteiger partial charge >= 0.3 is 11.9 Å². The summed E-state index contributed by atoms with van der Waals surface area (Å²) in [5, 5.41) is 3.56. The van der Waals surface area contributed by atoms with Gasteiger partial charge in [0.2, 0.25) is 0 Å². The number of H-pyrrole nitrogens is 1. The Morgan fingerprint density at radius 3 is 2.32 bits per heavy atom. The van der Waals surface area contributed by atoms with Crippen molar-refractivity contribution in [1.82, 2.24) is 10.1 Å². The highest BCUT2D eigenvalue weighted by atomic mass is 19.4. The van der Waals surface area contributed by atoms with E-state index in [1.807, 2.05) is 0 Å². The van der Waals surface area contributed by atoms with E-state index in [-0.39, 0.29) is 11.4 Å². The van der Waals surface area contributed by atoms with Crippen molar-refractivity contribution in [2.75, 3.05) is 0 Å². The normalized spacial score (nSPS) is 13.0. The molecule has 0 bridgehead atoms. The van der Waals surface area contributed by atoms with Gasteiger partial charge in [-0.05, 0) is 29.3 Å². The van der Waals surface area contributed by atoms with Crippen molar-refractivity contribution in [1.29, 1.82) is 0 Å². The zero-order chi connectivity index (χ0) is 18.2. The average molecular weight is 352 g/mol. The Labute approximate surface area is 139 Å². The van der Waals surface area contributed by atoms with Crippen LogP contribution in [0.3, 0.4) is 0 Å². The maximum absolute atomic E-state index is 14.4. The number of benzene rings is 2. The molecule has 0 aliphatic rings. The lowest BCUT2D eigenvalue weighted by Crippen LogP contribution is -2.04. The third-order valence-corrected chi connectivity index (χ3v) is 3.88. The highest BCUT2D eigenvalue weighted by molar-refractivity contribution is 5.65. The summed E-state index contributed by atoms with van der Waals surface area (Å²) in [6.45, 7) is 1.71. The molecule has 0 aliphatic heterocycles. The molecule has 25 heavy (non-hydrogen) atoms. The lowest BCUT2D eigenvalue weighted by atomic mass is 9.96. The molecule has 4 nitrogen and oxygen atoms in total. The van der Waals surface area contributed by atoms with E-state index in [0.717, 1.165) is 12.1 Å². The number of rotatable bonds is 3. The van der Waals surface area contributed by atoms with Gasteiger partial charge in [0, 0.05) is 11.5 Å². The average Bonchev–Trinajstić information content (AvgIpc) is 3.00. The van der Waals surface area contributed by atoms with Crippen LogP contribution in [0.4, 0.5) is 17.6 Å². The maximum atomic E-state index is 14.4. The third-order valence-electron chi connectivity index (χ3n) is 3.88. The summed E-state index contributed by atoms with van der Waals surface area (Å²) >= 11 is 0. The summed E-state index contributed by atoms with van der Waals surface area (Å²) in [5.41, 5.74) is 0.257. The van der Waals surface area contributed by atoms with Gasteiger partial charge in [-0.25, -0.2) is 9.18 Å². The minimum Gasteiger partial charge on any atom is -0.296 e. The van der Waals surface area contributed by atoms with Crippen molar-refractivity contribution in [2.24, 2.45) is 0 Å². The number of aromatic nitrogens is 2. The Morgan fingerprint density at radius 2 is 1.80 bits per heavy atom. The van der Waals surface area contributed by atoms with E-state index in [1.165, 1.54) is 24.3 Å². The van der Waals surface area contributed by atoms with Crippen LogP contribution < -0.4 is 5.76 Å². The van der Waals surface area contributed by atoms with Gasteiger partial charge < -0.3 is 0 Å². The summed E-state index contributed by atoms with van der Waals surface area (Å²) in [6, 6.07) is 8.61. The molecule has 2 aromatic carbocycles. The number of hydrogen-bond donors (Lipinski definition) is 1. The van der Waals surface area contributed by atoms with E-state index in [9.17, 15) is 22.4 Å². The van der Waals surface area contributed by atoms with Crippen molar-refractivity contribution in [3.8, 4) is 11.1 Å². The molecule has 1 atom stereocenters. The van der Waals surface area contributed by atoms with E-state index in [0.29, 0.717) is 11.1 Å². The zero-order valence-corrected chi connectivity index (χ0v) is 12.9. The monoisotopic (exact) mass is 352 g/mol. The molecule has 1 aromatic heterocycles. The summed E-state index contributed by atoms with van der Waals surface area (Å²) in [6.07, 6.45) is -4.44. The molecule has 3 aromatic rings. The van der Waals surface area contributed by atoms with Gasteiger partial charge in [-0.3, -0.25) is 9.51 Å². The first-order chi connectivity index (χ1) is 11.8. The Hall–Kier alpha value is -2.90. The number of hydrogen-bond acceptors (Lipinski definition) is 3. The van der Waals surface area contributed by atoms with Gasteiger partial charge in [-0.15, -0.1) is 0 Å². The van der Waals surface area contributed by atoms with Crippen LogP contribution in [-0.4, -0.2) is 10.1 Å². The second kappa shape index (κ2) is 6.19. The number of nitrogens with one attached hydrogen (secondary N) is 1. The summed E-state index contributed by atoms with van der Waals surface area (Å²) in [4.78, 5) is 13.4. The number of halogens is 4. The van der Waals surface area contributed by atoms with Gasteiger partial charge in [-0.2, -0.15) is 13.2 Å². The summed E-state index contributed by atoms with van der Waals surface area (Å²) in [5.74, 6) is -1.45. The van der Waals surface area contributed by atoms with Crippen LogP contribution >= 0.6 is 0 Å². The number of nitrogens with zero attached hydrogens (tertiary/aromatic N) is 1. The Bertz CT molecular complexity index is 942. The van der Waals surface area contributed by atoms with Crippen LogP contribution in [0.2, 0.25) is 0 Å². The molecule has 0 spiro atoms. The fourth-order valence-electron chi connectivity index (χ4n) is 2.46. The molecule has 0 saturated carbocycles. The molecule has 1 unspecified atom stereocenters. The predicted molar refractivity (Wildman–Crippen MR) is 81.5 cm³/mol. The van der Waals surface area contributed by atoms with Crippen molar-refractivity contribution in [3.05, 3.63) is 75.8 Å². The lowest BCUT2D eigenvalue weighted by Gasteiger charge is -2.11. The van der Waals surface area contributed by atoms with Crippen LogP contribution in [0.1, 0.15) is 29.8 Å². The first-order valence-corrected chi connectivity index (χ1v) is 7.28. The van der Waals surface area contributed by atoms with E-state index >= 15 is 0 Å². The van der Waals surface area contributed by atoms with Gasteiger partial charge in [0.1, 0.15) is 5.82 Å². The molecule has 8 heteroatoms. The molecule has 1 N–H and O–H groups in total. The maximum Gasteiger partial charge on any atom is 0.438 e. The minimum absolute atomic E-state index is 0.179. The van der Waals surface area contributed by atoms with E-state index < -0.39 is 29.2 Å². The van der Waals surface area contributed by atoms with Gasteiger partial charge in [-0.1, -0.05) is 36.3 Å². The Balaban J connectivity index is 1.91. The topological polar surface area (TPSA) is 58.9 Å². The largest absolute Gasteiger partial charge is 0.438 e. The number of alkyl halides is 3. The van der Waals surface area contributed by atoms with Crippen molar-refractivity contribution >= 4 is 0 Å². The van der Waals surface area contributed by atoms with E-state index in [2.05, 4.69) is 14.7 Å². The van der Waals surface area contributed by atoms with Crippen molar-refractivity contribution < 1.29 is 22.1 Å². The first-order valence-electron chi connectivity index (χ1n) is 7.28. The van der Waals surface area contributed by atoms with Gasteiger partial charge in [0.15, 0.2) is 5.82 Å². The molecule has 0 aliphatic carbocycles. The second-order valence-corrected chi connectivity index (χ2v) is 5.52. The molecule has 1 heterocycles. The summed E-state index contributed by atoms with van der Waals surface area (Å²) < 4.78 is 56.6. The van der Waals surface area contributed by atoms with Gasteiger partial charge in [0.25, 0.3) is 0 Å². The lowest BCUT2D eigenvalue weighted by molar-refractivity contribution is -0.137. The molecule has 0 saturated heterocycles. The van der Waals surface area contributed by atoms with E-state index in [4.69, 9.17) is 0 Å². The van der Waals surface area contributed by atoms with Crippen LogP contribution in [-0.2, 0) is 6.18 Å². The standard InChI is InChI=1S/C17H12F4N2O2/c1-9(15-22-16(24)25-23-15)11-4-7-13(14(18)8-11)10-2-5-12(6-3-10)17(19,20)21/h2-9H,1H3,(H,22,23,24). The van der Waals surface area contributed by atoms with Gasteiger partial charge in [0.05, 0.1) is 5.56 Å². The summed E-state index contributed by atoms with van der Waals surface area (Å²) in [7, 11) is 0. The first kappa shape index (κ1) is 16.9. The van der Waals surface area contributed by atoms with Crippen LogP contribution in [0.15, 0.2) is 51.8 Å². The Morgan fingerprint density at radius 1 is 1.12 bits per heavy atom. The molecule has 3 rings (SSSR count). The smallest absolute Gasteiger partial charge is 0.296 e. The second-order valence-electron chi connectivity index (χ2n) is 5.52. The molecule has 0 radical (unpaired) electrons. The molecule has 0 fully saturated rings. The Kier molecular flexibility index (Phi) is 4.20. The predicted octanol–water partition coefficient (Wildman–Crippen LogP) is 4.34. The van der Waals surface area contributed by atoms with Crippen molar-refractivity contribution in [3.63, 3.8) is 0 Å². The van der Waals surface area contributed by atoms with Crippen molar-refractivity contribution in [2.45, 2.75) is 19.0 Å². The van der Waals surface area contributed by atoms with E-state index in [1.54, 1.807) is 13.0 Å². The molecule has 130 valence electrons. The van der Waals surface area contributed by atoms with Crippen LogP contribution in [0.25, 0.3) is 11.1 Å². The number of aromatic amines is 1. The van der Waals surface area contributed by atoms with Crippen LogP contribution in [0.5, 0.6) is 0 Å². The SMILES string of the molecule is CC(c1ccc(-c2ccc(C(F)(F)F)cc2)c(F)c1)c1noc(=O)[nH]1. The highest BCUT2D eigenvalue weighted by Crippen LogP contribution is 2.32.